The van der Waals surface area contributed by atoms with E-state index in [9.17, 15) is 8.42 Å². The van der Waals surface area contributed by atoms with Crippen LogP contribution in [0.4, 0.5) is 0 Å². The Morgan fingerprint density at radius 3 is 2.79 bits per heavy atom. The molecule has 0 aromatic rings. The largest absolute Gasteiger partial charge is 0.364 e. The van der Waals surface area contributed by atoms with Crippen LogP contribution in [0.5, 0.6) is 0 Å². The predicted octanol–water partition coefficient (Wildman–Crippen LogP) is -1.15. The number of epoxide rings is 1. The number of fused-ring (bicyclic) bond motifs is 4. The quantitative estimate of drug-likeness (QED) is 0.434. The maximum absolute atomic E-state index is 10.9. The van der Waals surface area contributed by atoms with Crippen molar-refractivity contribution in [3.63, 3.8) is 0 Å². The van der Waals surface area contributed by atoms with Gasteiger partial charge in [0, 0.05) is 0 Å². The van der Waals surface area contributed by atoms with Crippen LogP contribution >= 0.6 is 0 Å². The van der Waals surface area contributed by atoms with Gasteiger partial charge in [-0.25, -0.2) is 0 Å². The van der Waals surface area contributed by atoms with Crippen LogP contribution in [0.3, 0.4) is 0 Å². The van der Waals surface area contributed by atoms with Crippen molar-refractivity contribution in [1.29, 1.82) is 0 Å². The molecule has 80 valence electrons. The molecule has 3 saturated heterocycles. The van der Waals surface area contributed by atoms with Gasteiger partial charge in [-0.1, -0.05) is 0 Å². The summed E-state index contributed by atoms with van der Waals surface area (Å²) in [7, 11) is -3.49. The van der Waals surface area contributed by atoms with Gasteiger partial charge in [-0.05, 0) is 0 Å². The predicted molar refractivity (Wildman–Crippen MR) is 43.0 cm³/mol. The lowest BCUT2D eigenvalue weighted by atomic mass is 10.1. The minimum absolute atomic E-state index is 0.0515. The van der Waals surface area contributed by atoms with Gasteiger partial charge in [-0.3, -0.25) is 4.18 Å². The topological polar surface area (TPSA) is 74.4 Å². The highest BCUT2D eigenvalue weighted by Crippen LogP contribution is 2.43. The molecule has 6 nitrogen and oxygen atoms in total. The molecule has 2 bridgehead atoms. The van der Waals surface area contributed by atoms with E-state index < -0.39 is 22.5 Å². The Morgan fingerprint density at radius 1 is 1.29 bits per heavy atom. The van der Waals surface area contributed by atoms with E-state index in [2.05, 4.69) is 0 Å². The molecule has 0 aromatic heterocycles. The first-order valence-electron chi connectivity index (χ1n) is 4.35. The number of hydrogen-bond acceptors (Lipinski definition) is 6. The Hall–Kier alpha value is -0.210. The number of hydrogen-bond donors (Lipinski definition) is 0. The summed E-state index contributed by atoms with van der Waals surface area (Å²) in [6.07, 6.45) is -0.529. The molecule has 0 unspecified atom stereocenters. The highest BCUT2D eigenvalue weighted by atomic mass is 32.2. The van der Waals surface area contributed by atoms with Gasteiger partial charge in [0.1, 0.15) is 18.3 Å². The maximum Gasteiger partial charge on any atom is 0.264 e. The Bertz CT molecular complexity index is 351. The van der Waals surface area contributed by atoms with Crippen LogP contribution in [0.25, 0.3) is 0 Å². The zero-order valence-corrected chi connectivity index (χ0v) is 8.27. The second-order valence-corrected chi connectivity index (χ2v) is 5.31. The van der Waals surface area contributed by atoms with Crippen molar-refractivity contribution in [3.8, 4) is 0 Å². The van der Waals surface area contributed by atoms with Crippen molar-refractivity contribution in [3.05, 3.63) is 0 Å². The molecule has 3 aliphatic rings. The molecule has 3 rings (SSSR count). The second kappa shape index (κ2) is 2.67. The number of ether oxygens (including phenoxy) is 3. The van der Waals surface area contributed by atoms with E-state index in [1.54, 1.807) is 0 Å². The highest BCUT2D eigenvalue weighted by Gasteiger charge is 2.62. The second-order valence-electron chi connectivity index (χ2n) is 3.71. The molecule has 14 heavy (non-hydrogen) atoms. The van der Waals surface area contributed by atoms with Gasteiger partial charge < -0.3 is 14.2 Å². The first-order chi connectivity index (χ1) is 6.54. The van der Waals surface area contributed by atoms with Crippen molar-refractivity contribution >= 4 is 10.1 Å². The molecule has 0 radical (unpaired) electrons. The van der Waals surface area contributed by atoms with E-state index in [0.717, 1.165) is 6.26 Å². The van der Waals surface area contributed by atoms with Gasteiger partial charge in [-0.2, -0.15) is 8.42 Å². The minimum Gasteiger partial charge on any atom is -0.364 e. The monoisotopic (exact) mass is 222 g/mol. The van der Waals surface area contributed by atoms with Crippen LogP contribution in [-0.2, 0) is 28.5 Å². The molecular weight excluding hydrogens is 212 g/mol. The van der Waals surface area contributed by atoms with E-state index in [1.165, 1.54) is 0 Å². The van der Waals surface area contributed by atoms with Crippen molar-refractivity contribution in [2.24, 2.45) is 0 Å². The van der Waals surface area contributed by atoms with Gasteiger partial charge in [0.25, 0.3) is 10.1 Å². The fourth-order valence-electron chi connectivity index (χ4n) is 1.94. The van der Waals surface area contributed by atoms with Crippen LogP contribution in [0.2, 0.25) is 0 Å². The Kier molecular flexibility index (Phi) is 1.73. The first-order valence-corrected chi connectivity index (χ1v) is 6.17. The summed E-state index contributed by atoms with van der Waals surface area (Å²) in [5, 5.41) is 0. The van der Waals surface area contributed by atoms with Gasteiger partial charge in [0.05, 0.1) is 12.9 Å². The normalized spacial score (nSPS) is 50.2. The summed E-state index contributed by atoms with van der Waals surface area (Å²) in [6.45, 7) is 0.454. The molecule has 3 heterocycles. The molecule has 0 N–H and O–H groups in total. The zero-order valence-electron chi connectivity index (χ0n) is 7.45. The Labute approximate surface area is 81.2 Å². The van der Waals surface area contributed by atoms with Gasteiger partial charge >= 0.3 is 0 Å². The summed E-state index contributed by atoms with van der Waals surface area (Å²) in [5.74, 6) is 0. The molecule has 3 fully saturated rings. The maximum atomic E-state index is 10.9. The zero-order chi connectivity index (χ0) is 9.92. The lowest BCUT2D eigenvalue weighted by molar-refractivity contribution is -0.132. The van der Waals surface area contributed by atoms with Crippen molar-refractivity contribution in [2.45, 2.75) is 30.7 Å². The van der Waals surface area contributed by atoms with E-state index in [1.807, 2.05) is 0 Å². The average Bonchev–Trinajstić information content (AvgIpc) is 2.73. The third-order valence-electron chi connectivity index (χ3n) is 2.54. The van der Waals surface area contributed by atoms with Crippen molar-refractivity contribution < 1.29 is 26.8 Å². The Balaban J connectivity index is 1.80. The summed E-state index contributed by atoms with van der Waals surface area (Å²) < 4.78 is 42.7. The standard InChI is InChI=1S/C7H10O6S/c1-14(8,9)13-6-5-4(12-5)3-2-10-7(6)11-3/h3-7H,2H2,1H3/t3-,4+,5+,6-,7-/m1/s1. The summed E-state index contributed by atoms with van der Waals surface area (Å²) in [6, 6.07) is 0. The van der Waals surface area contributed by atoms with Gasteiger partial charge in [-0.15, -0.1) is 0 Å². The van der Waals surface area contributed by atoms with Crippen LogP contribution in [0.15, 0.2) is 0 Å². The van der Waals surface area contributed by atoms with E-state index >= 15 is 0 Å². The third-order valence-corrected chi connectivity index (χ3v) is 3.11. The molecule has 0 saturated carbocycles. The summed E-state index contributed by atoms with van der Waals surface area (Å²) in [4.78, 5) is 0. The molecule has 7 heteroatoms. The fourth-order valence-corrected chi connectivity index (χ4v) is 2.55. The van der Waals surface area contributed by atoms with Crippen LogP contribution in [0, 0.1) is 0 Å². The third kappa shape index (κ3) is 1.36. The molecule has 0 aliphatic carbocycles. The van der Waals surface area contributed by atoms with Crippen LogP contribution < -0.4 is 0 Å². The number of rotatable bonds is 2. The average molecular weight is 222 g/mol. The highest BCUT2D eigenvalue weighted by molar-refractivity contribution is 7.86. The SMILES string of the molecule is CS(=O)(=O)O[C@H]1[C@@H]2OC[C@@H](O2)[C@@H]2O[C@@H]21. The Morgan fingerprint density at radius 2 is 2.07 bits per heavy atom. The summed E-state index contributed by atoms with van der Waals surface area (Å²) in [5.41, 5.74) is 0. The molecular formula is C7H10O6S. The van der Waals surface area contributed by atoms with E-state index in [-0.39, 0.29) is 18.3 Å². The van der Waals surface area contributed by atoms with Crippen molar-refractivity contribution in [1.82, 2.24) is 0 Å². The lowest BCUT2D eigenvalue weighted by Gasteiger charge is -2.22. The fraction of sp³-hybridized carbons (Fsp3) is 1.00. The first kappa shape index (κ1) is 9.05. The van der Waals surface area contributed by atoms with E-state index in [4.69, 9.17) is 18.4 Å². The van der Waals surface area contributed by atoms with E-state index in [0.29, 0.717) is 6.61 Å². The van der Waals surface area contributed by atoms with Crippen molar-refractivity contribution in [2.75, 3.05) is 12.9 Å². The van der Waals surface area contributed by atoms with Crippen LogP contribution in [-0.4, -0.2) is 52.0 Å². The molecule has 5 atom stereocenters. The van der Waals surface area contributed by atoms with Gasteiger partial charge in [0.15, 0.2) is 12.4 Å². The van der Waals surface area contributed by atoms with Crippen LogP contribution in [0.1, 0.15) is 0 Å². The molecule has 0 spiro atoms. The lowest BCUT2D eigenvalue weighted by Crippen LogP contribution is -2.42. The minimum atomic E-state index is -3.49. The summed E-state index contributed by atoms with van der Waals surface area (Å²) >= 11 is 0. The van der Waals surface area contributed by atoms with Gasteiger partial charge in [0.2, 0.25) is 0 Å². The molecule has 3 aliphatic heterocycles. The smallest absolute Gasteiger partial charge is 0.264 e. The molecule has 0 aromatic carbocycles. The molecule has 0 amide bonds.